The second-order valence-corrected chi connectivity index (χ2v) is 6.76. The number of halogens is 2. The number of carbonyl (C=O) groups is 1. The van der Waals surface area contributed by atoms with Gasteiger partial charge in [-0.1, -0.05) is 15.9 Å². The lowest BCUT2D eigenvalue weighted by Gasteiger charge is -2.36. The molecule has 0 aliphatic carbocycles. The summed E-state index contributed by atoms with van der Waals surface area (Å²) in [5.41, 5.74) is 2.69. The summed E-state index contributed by atoms with van der Waals surface area (Å²) in [6.07, 6.45) is 1.76. The summed E-state index contributed by atoms with van der Waals surface area (Å²) < 4.78 is 14.4. The Morgan fingerprint density at radius 3 is 2.78 bits per heavy atom. The molecule has 3 nitrogen and oxygen atoms in total. The highest BCUT2D eigenvalue weighted by Crippen LogP contribution is 2.31. The maximum absolute atomic E-state index is 13.4. The zero-order valence-corrected chi connectivity index (χ0v) is 14.4. The van der Waals surface area contributed by atoms with Gasteiger partial charge in [0.05, 0.1) is 6.54 Å². The number of nitrogens with one attached hydrogen (secondary N) is 1. The van der Waals surface area contributed by atoms with E-state index in [0.717, 1.165) is 34.3 Å². The molecule has 1 amide bonds. The van der Waals surface area contributed by atoms with Crippen molar-refractivity contribution < 1.29 is 9.18 Å². The third-order valence-electron chi connectivity index (χ3n) is 4.16. The molecule has 0 spiro atoms. The van der Waals surface area contributed by atoms with Gasteiger partial charge in [0.15, 0.2) is 0 Å². The first-order chi connectivity index (χ1) is 11.0. The molecule has 1 aliphatic rings. The average Bonchev–Trinajstić information content (AvgIpc) is 2.52. The summed E-state index contributed by atoms with van der Waals surface area (Å²) in [5.74, 6) is -0.297. The van der Waals surface area contributed by atoms with Gasteiger partial charge in [0.25, 0.3) is 0 Å². The molecule has 5 heteroatoms. The number of carbonyl (C=O) groups excluding carboxylic acids is 1. The largest absolute Gasteiger partial charge is 0.359 e. The van der Waals surface area contributed by atoms with E-state index in [4.69, 9.17) is 0 Å². The molecule has 2 aromatic rings. The molecule has 0 bridgehead atoms. The Kier molecular flexibility index (Phi) is 4.66. The average molecular weight is 377 g/mol. The number of fused-ring (bicyclic) bond motifs is 1. The van der Waals surface area contributed by atoms with E-state index in [2.05, 4.69) is 28.2 Å². The van der Waals surface area contributed by atoms with Gasteiger partial charge in [-0.3, -0.25) is 4.79 Å². The number of hydrogen-bond acceptors (Lipinski definition) is 2. The molecule has 23 heavy (non-hydrogen) atoms. The number of benzene rings is 2. The minimum atomic E-state index is -0.224. The minimum Gasteiger partial charge on any atom is -0.359 e. The lowest BCUT2D eigenvalue weighted by Crippen LogP contribution is -2.42. The van der Waals surface area contributed by atoms with E-state index >= 15 is 0 Å². The molecule has 0 fully saturated rings. The molecule has 1 N–H and O–H groups in total. The number of amides is 1. The second kappa shape index (κ2) is 6.71. The smallest absolute Gasteiger partial charge is 0.243 e. The van der Waals surface area contributed by atoms with Crippen molar-refractivity contribution in [3.8, 4) is 0 Å². The summed E-state index contributed by atoms with van der Waals surface area (Å²) in [6, 6.07) is 12.5. The number of hydrogen-bond donors (Lipinski definition) is 1. The summed E-state index contributed by atoms with van der Waals surface area (Å²) >= 11 is 3.37. The molecule has 120 valence electrons. The first kappa shape index (κ1) is 16.0. The van der Waals surface area contributed by atoms with Crippen molar-refractivity contribution in [1.82, 2.24) is 0 Å². The fourth-order valence-electron chi connectivity index (χ4n) is 2.92. The van der Waals surface area contributed by atoms with Gasteiger partial charge in [0, 0.05) is 21.9 Å². The number of nitrogens with zero attached hydrogens (tertiary/aromatic N) is 1. The molecule has 1 aliphatic heterocycles. The molecule has 0 radical (unpaired) electrons. The Labute approximate surface area is 143 Å². The van der Waals surface area contributed by atoms with Crippen molar-refractivity contribution in [3.05, 3.63) is 58.3 Å². The summed E-state index contributed by atoms with van der Waals surface area (Å²) in [7, 11) is 0. The van der Waals surface area contributed by atoms with Crippen LogP contribution in [0.15, 0.2) is 46.9 Å². The van der Waals surface area contributed by atoms with Gasteiger partial charge in [0.2, 0.25) is 5.91 Å². The van der Waals surface area contributed by atoms with Crippen LogP contribution >= 0.6 is 15.9 Å². The predicted octanol–water partition coefficient (Wildman–Crippen LogP) is 4.37. The van der Waals surface area contributed by atoms with E-state index in [9.17, 15) is 9.18 Å². The highest BCUT2D eigenvalue weighted by Gasteiger charge is 2.25. The zero-order chi connectivity index (χ0) is 16.4. The molecule has 0 saturated heterocycles. The van der Waals surface area contributed by atoms with Crippen molar-refractivity contribution in [3.63, 3.8) is 0 Å². The Bertz CT molecular complexity index is 717. The number of anilines is 2. The lowest BCUT2D eigenvalue weighted by atomic mass is 9.96. The quantitative estimate of drug-likeness (QED) is 0.862. The van der Waals surface area contributed by atoms with Crippen molar-refractivity contribution in [1.29, 1.82) is 0 Å². The third-order valence-corrected chi connectivity index (χ3v) is 4.69. The molecule has 1 heterocycles. The number of aryl methyl sites for hydroxylation is 1. The molecule has 1 atom stereocenters. The van der Waals surface area contributed by atoms with Crippen LogP contribution in [0.4, 0.5) is 15.8 Å². The van der Waals surface area contributed by atoms with E-state index in [-0.39, 0.29) is 24.3 Å². The summed E-state index contributed by atoms with van der Waals surface area (Å²) in [5, 5.41) is 2.90. The monoisotopic (exact) mass is 376 g/mol. The molecule has 0 aromatic heterocycles. The van der Waals surface area contributed by atoms with Gasteiger partial charge in [-0.2, -0.15) is 0 Å². The normalized spacial score (nSPS) is 16.8. The van der Waals surface area contributed by atoms with Gasteiger partial charge in [-0.15, -0.1) is 0 Å². The summed E-state index contributed by atoms with van der Waals surface area (Å²) in [6.45, 7) is 2.36. The first-order valence-corrected chi connectivity index (χ1v) is 8.43. The molecular weight excluding hydrogens is 359 g/mol. The molecule has 0 saturated carbocycles. The Balaban J connectivity index is 1.74. The van der Waals surface area contributed by atoms with Crippen LogP contribution < -0.4 is 10.2 Å². The van der Waals surface area contributed by atoms with Crippen LogP contribution in [0.5, 0.6) is 0 Å². The van der Waals surface area contributed by atoms with E-state index in [0.29, 0.717) is 0 Å². The third kappa shape index (κ3) is 3.72. The van der Waals surface area contributed by atoms with Gasteiger partial charge in [-0.25, -0.2) is 4.39 Å². The van der Waals surface area contributed by atoms with Crippen LogP contribution in [0.2, 0.25) is 0 Å². The van der Waals surface area contributed by atoms with Crippen LogP contribution in [-0.4, -0.2) is 18.5 Å². The van der Waals surface area contributed by atoms with Gasteiger partial charge < -0.3 is 10.2 Å². The zero-order valence-electron chi connectivity index (χ0n) is 12.9. The standard InChI is InChI=1S/C18H18BrFN2O/c1-12-2-3-13-10-15(20)6-9-17(13)22(12)11-18(23)21-16-7-4-14(19)5-8-16/h4-10,12H,2-3,11H2,1H3,(H,21,23). The maximum atomic E-state index is 13.4. The van der Waals surface area contributed by atoms with Crippen LogP contribution in [0.3, 0.4) is 0 Å². The molecule has 1 unspecified atom stereocenters. The van der Waals surface area contributed by atoms with Crippen LogP contribution in [0, 0.1) is 5.82 Å². The summed E-state index contributed by atoms with van der Waals surface area (Å²) in [4.78, 5) is 14.4. The highest BCUT2D eigenvalue weighted by atomic mass is 79.9. The SMILES string of the molecule is CC1CCc2cc(F)ccc2N1CC(=O)Nc1ccc(Br)cc1. The van der Waals surface area contributed by atoms with Gasteiger partial charge >= 0.3 is 0 Å². The van der Waals surface area contributed by atoms with Crippen LogP contribution in [0.25, 0.3) is 0 Å². The topological polar surface area (TPSA) is 32.3 Å². The predicted molar refractivity (Wildman–Crippen MR) is 94.3 cm³/mol. The fraction of sp³-hybridized carbons (Fsp3) is 0.278. The van der Waals surface area contributed by atoms with Gasteiger partial charge in [-0.05, 0) is 67.8 Å². The second-order valence-electron chi connectivity index (χ2n) is 5.84. The van der Waals surface area contributed by atoms with E-state index in [1.807, 2.05) is 29.2 Å². The van der Waals surface area contributed by atoms with Crippen LogP contribution in [-0.2, 0) is 11.2 Å². The van der Waals surface area contributed by atoms with E-state index in [1.165, 1.54) is 6.07 Å². The first-order valence-electron chi connectivity index (χ1n) is 7.63. The minimum absolute atomic E-state index is 0.0728. The van der Waals surface area contributed by atoms with Gasteiger partial charge in [0.1, 0.15) is 5.82 Å². The lowest BCUT2D eigenvalue weighted by molar-refractivity contribution is -0.115. The van der Waals surface area contributed by atoms with Crippen LogP contribution in [0.1, 0.15) is 18.9 Å². The molecule has 2 aromatic carbocycles. The Hall–Kier alpha value is -1.88. The van der Waals surface area contributed by atoms with Crippen molar-refractivity contribution in [2.24, 2.45) is 0 Å². The Morgan fingerprint density at radius 1 is 1.30 bits per heavy atom. The van der Waals surface area contributed by atoms with E-state index in [1.54, 1.807) is 12.1 Å². The van der Waals surface area contributed by atoms with Crippen molar-refractivity contribution in [2.45, 2.75) is 25.8 Å². The maximum Gasteiger partial charge on any atom is 0.243 e. The molecular formula is C18H18BrFN2O. The number of rotatable bonds is 3. The highest BCUT2D eigenvalue weighted by molar-refractivity contribution is 9.10. The van der Waals surface area contributed by atoms with E-state index < -0.39 is 0 Å². The van der Waals surface area contributed by atoms with Crippen molar-refractivity contribution >= 4 is 33.2 Å². The Morgan fingerprint density at radius 2 is 2.04 bits per heavy atom. The molecule has 3 rings (SSSR count). The fourth-order valence-corrected chi connectivity index (χ4v) is 3.19. The van der Waals surface area contributed by atoms with Crippen molar-refractivity contribution in [2.75, 3.05) is 16.8 Å².